The van der Waals surface area contributed by atoms with Crippen LogP contribution in [0.3, 0.4) is 0 Å². The molecule has 0 saturated heterocycles. The fraction of sp³-hybridized carbons (Fsp3) is 0.250. The van der Waals surface area contributed by atoms with Crippen molar-refractivity contribution in [1.82, 2.24) is 14.6 Å². The number of nitrogen functional groups attached to an aromatic ring is 1. The Bertz CT molecular complexity index is 1190. The second kappa shape index (κ2) is 5.78. The summed E-state index contributed by atoms with van der Waals surface area (Å²) in [7, 11) is -7.64. The lowest BCUT2D eigenvalue weighted by molar-refractivity contribution is 0.559. The molecule has 0 spiro atoms. The second-order valence-electron chi connectivity index (χ2n) is 6.68. The molecule has 3 aromatic rings. The number of nitrogens with two attached hydrogens (primary N) is 1. The van der Waals surface area contributed by atoms with Crippen LogP contribution >= 0.6 is 0 Å². The molecule has 26 heavy (non-hydrogen) atoms. The van der Waals surface area contributed by atoms with Crippen molar-refractivity contribution in [3.05, 3.63) is 42.7 Å². The number of anilines is 1. The molecular weight excluding hydrogens is 376 g/mol. The number of nitrogens with zero attached hydrogens (tertiary/aromatic N) is 3. The van der Waals surface area contributed by atoms with Crippen molar-refractivity contribution in [2.75, 3.05) is 5.73 Å². The smallest absolute Gasteiger partial charge is 0.211 e. The lowest BCUT2D eigenvalue weighted by Crippen LogP contribution is -2.29. The van der Waals surface area contributed by atoms with E-state index in [0.29, 0.717) is 0 Å². The molecular formula is C16H18N4O4S2. The first-order valence-corrected chi connectivity index (χ1v) is 10.6. The Morgan fingerprint density at radius 3 is 2.15 bits per heavy atom. The van der Waals surface area contributed by atoms with E-state index in [9.17, 15) is 16.8 Å². The monoisotopic (exact) mass is 394 g/mol. The number of rotatable bonds is 3. The molecule has 2 heterocycles. The molecule has 0 unspecified atom stereocenters. The first-order chi connectivity index (χ1) is 12.0. The van der Waals surface area contributed by atoms with E-state index in [1.807, 2.05) is 0 Å². The first-order valence-electron chi connectivity index (χ1n) is 7.65. The molecule has 0 bridgehead atoms. The molecule has 0 amide bonds. The molecule has 8 nitrogen and oxygen atoms in total. The van der Waals surface area contributed by atoms with Crippen LogP contribution < -0.4 is 5.73 Å². The van der Waals surface area contributed by atoms with Crippen molar-refractivity contribution in [2.45, 2.75) is 40.2 Å². The van der Waals surface area contributed by atoms with Gasteiger partial charge in [-0.05, 0) is 32.9 Å². The topological polar surface area (TPSA) is 124 Å². The van der Waals surface area contributed by atoms with Crippen LogP contribution in [-0.4, -0.2) is 36.2 Å². The molecule has 10 heteroatoms. The Morgan fingerprint density at radius 1 is 0.962 bits per heavy atom. The average molecular weight is 394 g/mol. The normalized spacial score (nSPS) is 13.2. The lowest BCUT2D eigenvalue weighted by atomic mass is 10.3. The zero-order valence-electron chi connectivity index (χ0n) is 14.4. The lowest BCUT2D eigenvalue weighted by Gasteiger charge is -2.20. The highest BCUT2D eigenvalue weighted by Gasteiger charge is 2.34. The summed E-state index contributed by atoms with van der Waals surface area (Å²) in [4.78, 5) is 3.79. The average Bonchev–Trinajstić information content (AvgIpc) is 3.00. The van der Waals surface area contributed by atoms with Gasteiger partial charge in [-0.3, -0.25) is 0 Å². The van der Waals surface area contributed by atoms with E-state index < -0.39 is 24.4 Å². The number of sulfone groups is 2. The van der Waals surface area contributed by atoms with Gasteiger partial charge in [0, 0.05) is 0 Å². The minimum atomic E-state index is -3.87. The van der Waals surface area contributed by atoms with E-state index in [4.69, 9.17) is 5.73 Å². The summed E-state index contributed by atoms with van der Waals surface area (Å²) < 4.78 is 50.9. The standard InChI is InChI=1S/C16H18N4O4S2/c1-16(2,3)26(23,24)12-9-18-15-13(10-19-20(15)14(12)17)25(21,22)11-7-5-4-6-8-11/h4-10H,17H2,1-3H3. The largest absolute Gasteiger partial charge is 0.382 e. The second-order valence-corrected chi connectivity index (χ2v) is 11.3. The summed E-state index contributed by atoms with van der Waals surface area (Å²) in [5.74, 6) is -0.181. The molecule has 138 valence electrons. The molecule has 0 saturated carbocycles. The summed E-state index contributed by atoms with van der Waals surface area (Å²) in [6.45, 7) is 4.63. The molecule has 2 aromatic heterocycles. The molecule has 0 radical (unpaired) electrons. The molecule has 0 atom stereocenters. The fourth-order valence-corrected chi connectivity index (χ4v) is 4.91. The zero-order chi connectivity index (χ0) is 19.3. The van der Waals surface area contributed by atoms with Crippen LogP contribution in [0.25, 0.3) is 5.65 Å². The Balaban J connectivity index is 2.25. The van der Waals surface area contributed by atoms with Gasteiger partial charge in [0.15, 0.2) is 15.5 Å². The zero-order valence-corrected chi connectivity index (χ0v) is 16.0. The molecule has 2 N–H and O–H groups in total. The summed E-state index contributed by atoms with van der Waals surface area (Å²) in [6, 6.07) is 7.83. The Labute approximate surface area is 151 Å². The quantitative estimate of drug-likeness (QED) is 0.717. The van der Waals surface area contributed by atoms with Crippen molar-refractivity contribution in [3.8, 4) is 0 Å². The fourth-order valence-electron chi connectivity index (χ4n) is 2.36. The highest BCUT2D eigenvalue weighted by atomic mass is 32.2. The van der Waals surface area contributed by atoms with Crippen LogP contribution in [0.15, 0.2) is 57.4 Å². The Morgan fingerprint density at radius 2 is 1.58 bits per heavy atom. The third kappa shape index (κ3) is 2.65. The van der Waals surface area contributed by atoms with E-state index in [1.165, 1.54) is 12.1 Å². The van der Waals surface area contributed by atoms with Crippen molar-refractivity contribution in [3.63, 3.8) is 0 Å². The predicted molar refractivity (Wildman–Crippen MR) is 96.2 cm³/mol. The maximum absolute atomic E-state index is 12.8. The van der Waals surface area contributed by atoms with Crippen LogP contribution in [0.1, 0.15) is 20.8 Å². The first kappa shape index (κ1) is 18.3. The predicted octanol–water partition coefficient (Wildman–Crippen LogP) is 1.72. The number of aromatic nitrogens is 3. The van der Waals surface area contributed by atoms with Crippen molar-refractivity contribution in [1.29, 1.82) is 0 Å². The van der Waals surface area contributed by atoms with Gasteiger partial charge in [0.2, 0.25) is 9.84 Å². The van der Waals surface area contributed by atoms with Gasteiger partial charge >= 0.3 is 0 Å². The summed E-state index contributed by atoms with van der Waals surface area (Å²) in [5, 5.41) is 3.95. The van der Waals surface area contributed by atoms with Crippen LogP contribution in [-0.2, 0) is 19.7 Å². The highest BCUT2D eigenvalue weighted by Crippen LogP contribution is 2.31. The van der Waals surface area contributed by atoms with E-state index in [0.717, 1.165) is 16.9 Å². The van der Waals surface area contributed by atoms with Gasteiger partial charge in [-0.15, -0.1) is 0 Å². The van der Waals surface area contributed by atoms with Crippen LogP contribution in [0.2, 0.25) is 0 Å². The van der Waals surface area contributed by atoms with E-state index in [1.54, 1.807) is 39.0 Å². The molecule has 3 rings (SSSR count). The molecule has 1 aromatic carbocycles. The Hall–Kier alpha value is -2.46. The molecule has 0 aliphatic heterocycles. The minimum absolute atomic E-state index is 0.0285. The van der Waals surface area contributed by atoms with Crippen LogP contribution in [0.5, 0.6) is 0 Å². The van der Waals surface area contributed by atoms with Gasteiger partial charge in [0.1, 0.15) is 15.6 Å². The number of hydrogen-bond acceptors (Lipinski definition) is 7. The van der Waals surface area contributed by atoms with Gasteiger partial charge in [-0.25, -0.2) is 21.8 Å². The van der Waals surface area contributed by atoms with E-state index in [-0.39, 0.29) is 26.2 Å². The van der Waals surface area contributed by atoms with Gasteiger partial charge < -0.3 is 5.73 Å². The summed E-state index contributed by atoms with van der Waals surface area (Å²) in [5.41, 5.74) is 5.96. The highest BCUT2D eigenvalue weighted by molar-refractivity contribution is 7.93. The van der Waals surface area contributed by atoms with Crippen molar-refractivity contribution < 1.29 is 16.8 Å². The minimum Gasteiger partial charge on any atom is -0.382 e. The molecule has 0 aliphatic carbocycles. The molecule has 0 aliphatic rings. The molecule has 0 fully saturated rings. The summed E-state index contributed by atoms with van der Waals surface area (Å²) >= 11 is 0. The van der Waals surface area contributed by atoms with E-state index >= 15 is 0 Å². The number of benzene rings is 1. The SMILES string of the molecule is CC(C)(C)S(=O)(=O)c1cnc2c(S(=O)(=O)c3ccccc3)cnn2c1N. The van der Waals surface area contributed by atoms with E-state index in [2.05, 4.69) is 10.1 Å². The third-order valence-corrected chi connectivity index (χ3v) is 8.20. The van der Waals surface area contributed by atoms with Gasteiger partial charge in [0.05, 0.1) is 22.0 Å². The number of fused-ring (bicyclic) bond motifs is 1. The summed E-state index contributed by atoms with van der Waals surface area (Å²) in [6.07, 6.45) is 2.20. The number of hydrogen-bond donors (Lipinski definition) is 1. The Kier molecular flexibility index (Phi) is 4.08. The third-order valence-electron chi connectivity index (χ3n) is 3.93. The maximum Gasteiger partial charge on any atom is 0.211 e. The van der Waals surface area contributed by atoms with Gasteiger partial charge in [0.25, 0.3) is 0 Å². The van der Waals surface area contributed by atoms with Crippen LogP contribution in [0, 0.1) is 0 Å². The van der Waals surface area contributed by atoms with Gasteiger partial charge in [-0.2, -0.15) is 9.61 Å². The van der Waals surface area contributed by atoms with Gasteiger partial charge in [-0.1, -0.05) is 18.2 Å². The maximum atomic E-state index is 12.8. The van der Waals surface area contributed by atoms with Crippen LogP contribution in [0.4, 0.5) is 5.82 Å². The van der Waals surface area contributed by atoms with Crippen molar-refractivity contribution in [2.24, 2.45) is 0 Å². The van der Waals surface area contributed by atoms with Crippen molar-refractivity contribution >= 4 is 31.1 Å².